The lowest BCUT2D eigenvalue weighted by atomic mass is 10.1. The molecule has 118 valence electrons. The van der Waals surface area contributed by atoms with Gasteiger partial charge in [0.05, 0.1) is 27.0 Å². The molecule has 0 aliphatic carbocycles. The van der Waals surface area contributed by atoms with E-state index in [-0.39, 0.29) is 5.56 Å². The molecule has 0 fully saturated rings. The van der Waals surface area contributed by atoms with Crippen LogP contribution in [0.25, 0.3) is 28.2 Å². The molecule has 0 spiro atoms. The number of H-pyrrole nitrogens is 1. The minimum Gasteiger partial charge on any atom is -0.296 e. The van der Waals surface area contributed by atoms with E-state index in [1.807, 2.05) is 18.2 Å². The van der Waals surface area contributed by atoms with E-state index in [9.17, 15) is 4.79 Å². The predicted octanol–water partition coefficient (Wildman–Crippen LogP) is 4.06. The fraction of sp³-hybridized carbons (Fsp3) is 0. The molecule has 0 bridgehead atoms. The predicted molar refractivity (Wildman–Crippen MR) is 94.5 cm³/mol. The van der Waals surface area contributed by atoms with Crippen molar-refractivity contribution >= 4 is 28.8 Å². The number of benzene rings is 1. The second kappa shape index (κ2) is 5.78. The molecule has 4 aromatic rings. The summed E-state index contributed by atoms with van der Waals surface area (Å²) in [5.41, 5.74) is 3.00. The number of halogens is 2. The molecule has 3 aromatic heterocycles. The zero-order chi connectivity index (χ0) is 16.7. The zero-order valence-corrected chi connectivity index (χ0v) is 13.7. The molecule has 0 radical (unpaired) electrons. The Morgan fingerprint density at radius 3 is 2.62 bits per heavy atom. The van der Waals surface area contributed by atoms with Crippen LogP contribution in [0.2, 0.25) is 10.0 Å². The van der Waals surface area contributed by atoms with Gasteiger partial charge in [-0.1, -0.05) is 35.3 Å². The van der Waals surface area contributed by atoms with Gasteiger partial charge < -0.3 is 0 Å². The third-order valence-corrected chi connectivity index (χ3v) is 4.39. The van der Waals surface area contributed by atoms with E-state index < -0.39 is 0 Å². The molecular weight excluding hydrogens is 347 g/mol. The number of nitrogens with zero attached hydrogens (tertiary/aromatic N) is 3. The highest BCUT2D eigenvalue weighted by Gasteiger charge is 2.13. The SMILES string of the molecule is O=c1cc(-c2ccc(Cl)c(Cl)c2)nc2c(-c3ccccn3)c[nH]n12. The van der Waals surface area contributed by atoms with E-state index in [2.05, 4.69) is 15.1 Å². The Hall–Kier alpha value is -2.63. The van der Waals surface area contributed by atoms with Gasteiger partial charge in [0.25, 0.3) is 5.56 Å². The van der Waals surface area contributed by atoms with Crippen LogP contribution < -0.4 is 5.56 Å². The Balaban J connectivity index is 1.96. The Kier molecular flexibility index (Phi) is 3.59. The van der Waals surface area contributed by atoms with Crippen LogP contribution in [0.4, 0.5) is 0 Å². The van der Waals surface area contributed by atoms with Crippen molar-refractivity contribution in [2.75, 3.05) is 0 Å². The highest BCUT2D eigenvalue weighted by Crippen LogP contribution is 2.28. The Bertz CT molecular complexity index is 1100. The molecule has 0 amide bonds. The molecule has 0 saturated heterocycles. The van der Waals surface area contributed by atoms with Gasteiger partial charge in [0.2, 0.25) is 0 Å². The first-order chi connectivity index (χ1) is 11.6. The fourth-order valence-corrected chi connectivity index (χ4v) is 2.79. The maximum atomic E-state index is 12.4. The molecule has 0 unspecified atom stereocenters. The Morgan fingerprint density at radius 2 is 1.88 bits per heavy atom. The monoisotopic (exact) mass is 356 g/mol. The van der Waals surface area contributed by atoms with Gasteiger partial charge in [-0.05, 0) is 24.3 Å². The summed E-state index contributed by atoms with van der Waals surface area (Å²) in [7, 11) is 0. The molecule has 1 N–H and O–H groups in total. The van der Waals surface area contributed by atoms with E-state index in [0.717, 1.165) is 16.8 Å². The summed E-state index contributed by atoms with van der Waals surface area (Å²) in [6, 6.07) is 12.2. The first-order valence-electron chi connectivity index (χ1n) is 7.11. The highest BCUT2D eigenvalue weighted by atomic mass is 35.5. The Morgan fingerprint density at radius 1 is 1.00 bits per heavy atom. The maximum absolute atomic E-state index is 12.4. The summed E-state index contributed by atoms with van der Waals surface area (Å²) in [6.07, 6.45) is 3.41. The van der Waals surface area contributed by atoms with Crippen molar-refractivity contribution in [3.05, 3.63) is 75.3 Å². The third-order valence-electron chi connectivity index (χ3n) is 3.65. The van der Waals surface area contributed by atoms with Crippen LogP contribution in [-0.2, 0) is 0 Å². The van der Waals surface area contributed by atoms with Crippen LogP contribution in [0.1, 0.15) is 0 Å². The maximum Gasteiger partial charge on any atom is 0.273 e. The lowest BCUT2D eigenvalue weighted by Gasteiger charge is -2.04. The molecule has 0 saturated carbocycles. The number of hydrogen-bond acceptors (Lipinski definition) is 3. The van der Waals surface area contributed by atoms with E-state index in [4.69, 9.17) is 23.2 Å². The summed E-state index contributed by atoms with van der Waals surface area (Å²) in [6.45, 7) is 0. The fourth-order valence-electron chi connectivity index (χ4n) is 2.50. The molecule has 3 heterocycles. The number of aromatic nitrogens is 4. The summed E-state index contributed by atoms with van der Waals surface area (Å²) >= 11 is 12.0. The summed E-state index contributed by atoms with van der Waals surface area (Å²) in [4.78, 5) is 21.3. The van der Waals surface area contributed by atoms with Crippen molar-refractivity contribution < 1.29 is 0 Å². The smallest absolute Gasteiger partial charge is 0.273 e. The average Bonchev–Trinajstić information content (AvgIpc) is 3.02. The summed E-state index contributed by atoms with van der Waals surface area (Å²) < 4.78 is 1.38. The number of hydrogen-bond donors (Lipinski definition) is 1. The molecule has 5 nitrogen and oxygen atoms in total. The molecule has 24 heavy (non-hydrogen) atoms. The highest BCUT2D eigenvalue weighted by molar-refractivity contribution is 6.42. The second-order valence-electron chi connectivity index (χ2n) is 5.17. The normalized spacial score (nSPS) is 11.1. The van der Waals surface area contributed by atoms with E-state index in [1.54, 1.807) is 30.6 Å². The molecule has 0 aliphatic rings. The largest absolute Gasteiger partial charge is 0.296 e. The molecule has 1 aromatic carbocycles. The van der Waals surface area contributed by atoms with Crippen LogP contribution in [0.5, 0.6) is 0 Å². The van der Waals surface area contributed by atoms with Gasteiger partial charge in [-0.15, -0.1) is 0 Å². The third kappa shape index (κ3) is 2.48. The number of pyridine rings is 1. The minimum atomic E-state index is -0.219. The summed E-state index contributed by atoms with van der Waals surface area (Å²) in [5.74, 6) is 0. The van der Waals surface area contributed by atoms with Gasteiger partial charge >= 0.3 is 0 Å². The van der Waals surface area contributed by atoms with Gasteiger partial charge in [0, 0.05) is 24.0 Å². The van der Waals surface area contributed by atoms with Crippen molar-refractivity contribution in [2.24, 2.45) is 0 Å². The van der Waals surface area contributed by atoms with Gasteiger partial charge in [-0.3, -0.25) is 14.9 Å². The van der Waals surface area contributed by atoms with Crippen molar-refractivity contribution in [3.63, 3.8) is 0 Å². The molecule has 7 heteroatoms. The average molecular weight is 357 g/mol. The standard InChI is InChI=1S/C17H10Cl2N4O/c18-12-5-4-10(7-13(12)19)15-8-16(24)23-17(22-15)11(9-21-23)14-3-1-2-6-20-14/h1-9,21H. The van der Waals surface area contributed by atoms with Crippen LogP contribution in [0.3, 0.4) is 0 Å². The van der Waals surface area contributed by atoms with Gasteiger partial charge in [-0.2, -0.15) is 0 Å². The van der Waals surface area contributed by atoms with Crippen molar-refractivity contribution in [3.8, 4) is 22.5 Å². The lowest BCUT2D eigenvalue weighted by Crippen LogP contribution is -2.14. The number of fused-ring (bicyclic) bond motifs is 1. The van der Waals surface area contributed by atoms with Crippen LogP contribution in [0.15, 0.2) is 59.7 Å². The first-order valence-corrected chi connectivity index (χ1v) is 7.87. The second-order valence-corrected chi connectivity index (χ2v) is 5.98. The van der Waals surface area contributed by atoms with Gasteiger partial charge in [-0.25, -0.2) is 9.50 Å². The number of rotatable bonds is 2. The lowest BCUT2D eigenvalue weighted by molar-refractivity contribution is 0.901. The minimum absolute atomic E-state index is 0.219. The number of nitrogens with one attached hydrogen (secondary N) is 1. The van der Waals surface area contributed by atoms with E-state index >= 15 is 0 Å². The molecule has 4 rings (SSSR count). The van der Waals surface area contributed by atoms with Gasteiger partial charge in [0.15, 0.2) is 5.65 Å². The van der Waals surface area contributed by atoms with Crippen molar-refractivity contribution in [1.82, 2.24) is 19.6 Å². The van der Waals surface area contributed by atoms with E-state index in [1.165, 1.54) is 10.6 Å². The van der Waals surface area contributed by atoms with Crippen LogP contribution in [0, 0.1) is 0 Å². The Labute approximate surface area is 146 Å². The van der Waals surface area contributed by atoms with Crippen LogP contribution >= 0.6 is 23.2 Å². The molecular formula is C17H10Cl2N4O. The van der Waals surface area contributed by atoms with E-state index in [0.29, 0.717) is 21.4 Å². The molecule has 0 atom stereocenters. The quantitative estimate of drug-likeness (QED) is 0.589. The van der Waals surface area contributed by atoms with Crippen molar-refractivity contribution in [2.45, 2.75) is 0 Å². The molecule has 0 aliphatic heterocycles. The van der Waals surface area contributed by atoms with Crippen molar-refractivity contribution in [1.29, 1.82) is 0 Å². The number of aromatic amines is 1. The zero-order valence-electron chi connectivity index (χ0n) is 12.2. The first kappa shape index (κ1) is 14.9. The topological polar surface area (TPSA) is 63.0 Å². The van der Waals surface area contributed by atoms with Crippen LogP contribution in [-0.4, -0.2) is 19.6 Å². The summed E-state index contributed by atoms with van der Waals surface area (Å²) in [5, 5.41) is 3.77. The van der Waals surface area contributed by atoms with Gasteiger partial charge in [0.1, 0.15) is 0 Å².